The minimum atomic E-state index is -0.218. The van der Waals surface area contributed by atoms with Crippen LogP contribution in [0, 0.1) is 19.8 Å². The highest BCUT2D eigenvalue weighted by atomic mass is 16.1. The summed E-state index contributed by atoms with van der Waals surface area (Å²) in [5.74, 6) is 0.0705. The number of amides is 1. The third-order valence-corrected chi connectivity index (χ3v) is 3.25. The van der Waals surface area contributed by atoms with Crippen LogP contribution in [0.15, 0.2) is 29.2 Å². The Morgan fingerprint density at radius 3 is 2.76 bits per heavy atom. The number of aromatic amines is 1. The van der Waals surface area contributed by atoms with E-state index in [2.05, 4.69) is 22.3 Å². The van der Waals surface area contributed by atoms with Crippen LogP contribution in [0.5, 0.6) is 0 Å². The van der Waals surface area contributed by atoms with Gasteiger partial charge in [0.2, 0.25) is 5.56 Å². The van der Waals surface area contributed by atoms with E-state index in [1.807, 2.05) is 24.6 Å². The van der Waals surface area contributed by atoms with Gasteiger partial charge in [-0.1, -0.05) is 6.92 Å². The van der Waals surface area contributed by atoms with Crippen molar-refractivity contribution < 1.29 is 4.79 Å². The summed E-state index contributed by atoms with van der Waals surface area (Å²) in [6.45, 7) is 7.35. The highest BCUT2D eigenvalue weighted by Crippen LogP contribution is 2.06. The fourth-order valence-electron chi connectivity index (χ4n) is 2.14. The fourth-order valence-corrected chi connectivity index (χ4v) is 2.14. The smallest absolute Gasteiger partial charge is 0.252 e. The van der Waals surface area contributed by atoms with Gasteiger partial charge in [0.05, 0.1) is 11.3 Å². The van der Waals surface area contributed by atoms with Crippen LogP contribution >= 0.6 is 0 Å². The number of rotatable bonds is 5. The number of carbonyl (C=O) groups excluding carboxylic acids is 1. The molecule has 2 heterocycles. The first-order valence-electron chi connectivity index (χ1n) is 6.93. The van der Waals surface area contributed by atoms with E-state index in [1.54, 1.807) is 0 Å². The molecular formula is C15H20N4O2. The third kappa shape index (κ3) is 4.05. The quantitative estimate of drug-likeness (QED) is 0.869. The Morgan fingerprint density at radius 2 is 2.19 bits per heavy atom. The standard InChI is InChI=1S/C15H20N4O2/c1-10(9-19-12(3)6-11(2)18-19)7-17-15(21)13-4-5-14(20)16-8-13/h4-6,8,10H,7,9H2,1-3H3,(H,16,20)(H,17,21). The van der Waals surface area contributed by atoms with Crippen molar-refractivity contribution >= 4 is 5.91 Å². The molecule has 21 heavy (non-hydrogen) atoms. The number of H-pyrrole nitrogens is 1. The normalized spacial score (nSPS) is 12.1. The van der Waals surface area contributed by atoms with Crippen molar-refractivity contribution in [1.82, 2.24) is 20.1 Å². The average molecular weight is 288 g/mol. The van der Waals surface area contributed by atoms with Crippen LogP contribution in [0.4, 0.5) is 0 Å². The highest BCUT2D eigenvalue weighted by Gasteiger charge is 2.10. The number of hydrogen-bond donors (Lipinski definition) is 2. The second-order valence-corrected chi connectivity index (χ2v) is 5.37. The van der Waals surface area contributed by atoms with E-state index in [4.69, 9.17) is 0 Å². The van der Waals surface area contributed by atoms with Crippen LogP contribution < -0.4 is 10.9 Å². The maximum atomic E-state index is 11.9. The Morgan fingerprint density at radius 1 is 1.43 bits per heavy atom. The van der Waals surface area contributed by atoms with Gasteiger partial charge in [0.25, 0.3) is 5.91 Å². The van der Waals surface area contributed by atoms with Crippen molar-refractivity contribution in [2.45, 2.75) is 27.3 Å². The third-order valence-electron chi connectivity index (χ3n) is 3.25. The summed E-state index contributed by atoms with van der Waals surface area (Å²) in [5.41, 5.74) is 2.35. The number of aromatic nitrogens is 3. The van der Waals surface area contributed by atoms with Crippen LogP contribution in [0.3, 0.4) is 0 Å². The fraction of sp³-hybridized carbons (Fsp3) is 0.400. The molecule has 0 aliphatic carbocycles. The molecule has 0 aliphatic heterocycles. The molecule has 2 aromatic rings. The molecule has 2 rings (SSSR count). The molecule has 0 fully saturated rings. The average Bonchev–Trinajstić information content (AvgIpc) is 2.75. The molecule has 0 bridgehead atoms. The van der Waals surface area contributed by atoms with E-state index >= 15 is 0 Å². The van der Waals surface area contributed by atoms with Crippen LogP contribution in [0.25, 0.3) is 0 Å². The number of pyridine rings is 1. The zero-order valence-corrected chi connectivity index (χ0v) is 12.5. The molecule has 0 saturated heterocycles. The van der Waals surface area contributed by atoms with E-state index < -0.39 is 0 Å². The number of carbonyl (C=O) groups is 1. The molecule has 0 radical (unpaired) electrons. The molecule has 1 atom stereocenters. The SMILES string of the molecule is Cc1cc(C)n(CC(C)CNC(=O)c2ccc(=O)[nH]c2)n1. The lowest BCUT2D eigenvalue weighted by molar-refractivity contribution is 0.0946. The molecule has 0 spiro atoms. The topological polar surface area (TPSA) is 79.8 Å². The minimum absolute atomic E-state index is 0.188. The molecule has 0 aliphatic rings. The summed E-state index contributed by atoms with van der Waals surface area (Å²) in [6.07, 6.45) is 1.42. The second kappa shape index (κ2) is 6.39. The number of nitrogens with zero attached hydrogens (tertiary/aromatic N) is 2. The summed E-state index contributed by atoms with van der Waals surface area (Å²) < 4.78 is 1.95. The predicted octanol–water partition coefficient (Wildman–Crippen LogP) is 1.25. The maximum absolute atomic E-state index is 11.9. The van der Waals surface area contributed by atoms with E-state index in [0.717, 1.165) is 17.9 Å². The second-order valence-electron chi connectivity index (χ2n) is 5.37. The van der Waals surface area contributed by atoms with E-state index in [-0.39, 0.29) is 17.4 Å². The van der Waals surface area contributed by atoms with Crippen LogP contribution in [-0.2, 0) is 6.54 Å². The number of aryl methyl sites for hydroxylation is 2. The van der Waals surface area contributed by atoms with Crippen molar-refractivity contribution in [2.75, 3.05) is 6.54 Å². The highest BCUT2D eigenvalue weighted by molar-refractivity contribution is 5.93. The number of hydrogen-bond acceptors (Lipinski definition) is 3. The molecule has 0 aromatic carbocycles. The molecule has 2 aromatic heterocycles. The molecule has 0 saturated carbocycles. The van der Waals surface area contributed by atoms with Crippen molar-refractivity contribution in [3.05, 3.63) is 51.7 Å². The Bertz CT molecular complexity index is 667. The summed E-state index contributed by atoms with van der Waals surface area (Å²) in [4.78, 5) is 25.4. The molecule has 112 valence electrons. The monoisotopic (exact) mass is 288 g/mol. The van der Waals surface area contributed by atoms with Gasteiger partial charge in [-0.05, 0) is 31.9 Å². The Labute approximate surface area is 123 Å². The molecular weight excluding hydrogens is 268 g/mol. The van der Waals surface area contributed by atoms with Gasteiger partial charge in [-0.2, -0.15) is 5.10 Å². The predicted molar refractivity (Wildman–Crippen MR) is 80.3 cm³/mol. The zero-order valence-electron chi connectivity index (χ0n) is 12.5. The van der Waals surface area contributed by atoms with Gasteiger partial charge in [0.15, 0.2) is 0 Å². The molecule has 6 nitrogen and oxygen atoms in total. The molecule has 1 unspecified atom stereocenters. The first-order chi connectivity index (χ1) is 9.95. The lowest BCUT2D eigenvalue weighted by Crippen LogP contribution is -2.30. The summed E-state index contributed by atoms with van der Waals surface area (Å²) >= 11 is 0. The molecule has 2 N–H and O–H groups in total. The first-order valence-corrected chi connectivity index (χ1v) is 6.93. The van der Waals surface area contributed by atoms with Crippen molar-refractivity contribution in [3.8, 4) is 0 Å². The van der Waals surface area contributed by atoms with Gasteiger partial charge in [-0.25, -0.2) is 0 Å². The van der Waals surface area contributed by atoms with E-state index in [1.165, 1.54) is 18.3 Å². The van der Waals surface area contributed by atoms with Gasteiger partial charge in [-0.15, -0.1) is 0 Å². The van der Waals surface area contributed by atoms with Crippen molar-refractivity contribution in [2.24, 2.45) is 5.92 Å². The molecule has 1 amide bonds. The molecule has 6 heteroatoms. The Balaban J connectivity index is 1.87. The number of nitrogens with one attached hydrogen (secondary N) is 2. The summed E-state index contributed by atoms with van der Waals surface area (Å²) in [6, 6.07) is 4.89. The van der Waals surface area contributed by atoms with Crippen LogP contribution in [0.2, 0.25) is 0 Å². The van der Waals surface area contributed by atoms with Crippen LogP contribution in [0.1, 0.15) is 28.7 Å². The first kappa shape index (κ1) is 15.0. The Kier molecular flexibility index (Phi) is 4.57. The van der Waals surface area contributed by atoms with Gasteiger partial charge in [0, 0.05) is 31.0 Å². The largest absolute Gasteiger partial charge is 0.352 e. The van der Waals surface area contributed by atoms with Gasteiger partial charge < -0.3 is 10.3 Å². The summed E-state index contributed by atoms with van der Waals surface area (Å²) in [7, 11) is 0. The van der Waals surface area contributed by atoms with Crippen LogP contribution in [-0.4, -0.2) is 27.2 Å². The van der Waals surface area contributed by atoms with Crippen molar-refractivity contribution in [1.29, 1.82) is 0 Å². The summed E-state index contributed by atoms with van der Waals surface area (Å²) in [5, 5.41) is 7.27. The van der Waals surface area contributed by atoms with Crippen molar-refractivity contribution in [3.63, 3.8) is 0 Å². The van der Waals surface area contributed by atoms with E-state index in [9.17, 15) is 9.59 Å². The zero-order chi connectivity index (χ0) is 15.4. The maximum Gasteiger partial charge on any atom is 0.252 e. The minimum Gasteiger partial charge on any atom is -0.352 e. The Hall–Kier alpha value is -2.37. The van der Waals surface area contributed by atoms with Gasteiger partial charge >= 0.3 is 0 Å². The van der Waals surface area contributed by atoms with E-state index in [0.29, 0.717) is 12.1 Å². The van der Waals surface area contributed by atoms with Gasteiger partial charge in [0.1, 0.15) is 0 Å². The lowest BCUT2D eigenvalue weighted by atomic mass is 10.1. The lowest BCUT2D eigenvalue weighted by Gasteiger charge is -2.14. The van der Waals surface area contributed by atoms with Gasteiger partial charge in [-0.3, -0.25) is 14.3 Å².